The first-order chi connectivity index (χ1) is 8.31. The Morgan fingerprint density at radius 3 is 2.35 bits per heavy atom. The minimum absolute atomic E-state index is 0.473. The molecule has 1 aliphatic carbocycles. The Hall–Kier alpha value is -0.820. The molecule has 1 saturated carbocycles. The van der Waals surface area contributed by atoms with E-state index >= 15 is 0 Å². The van der Waals surface area contributed by atoms with Crippen molar-refractivity contribution in [3.63, 3.8) is 0 Å². The third-order valence-corrected chi connectivity index (χ3v) is 4.02. The summed E-state index contributed by atoms with van der Waals surface area (Å²) in [5.74, 6) is 0.826. The van der Waals surface area contributed by atoms with Crippen molar-refractivity contribution in [2.45, 2.75) is 57.9 Å². The molecule has 2 rings (SSSR count). The molecule has 1 unspecified atom stereocenters. The molecule has 1 N–H and O–H groups in total. The highest BCUT2D eigenvalue weighted by Crippen LogP contribution is 2.32. The van der Waals surface area contributed by atoms with Crippen molar-refractivity contribution in [1.29, 1.82) is 0 Å². The molecule has 0 bridgehead atoms. The molecule has 17 heavy (non-hydrogen) atoms. The molecule has 0 aliphatic heterocycles. The van der Waals surface area contributed by atoms with Crippen molar-refractivity contribution in [2.24, 2.45) is 0 Å². The van der Waals surface area contributed by atoms with Crippen LogP contribution in [-0.4, -0.2) is 6.54 Å². The third kappa shape index (κ3) is 3.32. The van der Waals surface area contributed by atoms with Crippen LogP contribution in [0.4, 0.5) is 0 Å². The first kappa shape index (κ1) is 12.6. The van der Waals surface area contributed by atoms with Crippen LogP contribution >= 0.6 is 0 Å². The zero-order chi connectivity index (χ0) is 12.1. The summed E-state index contributed by atoms with van der Waals surface area (Å²) in [4.78, 5) is 0. The molecule has 0 saturated heterocycles. The molecular formula is C16H25N. The lowest BCUT2D eigenvalue weighted by Gasteiger charge is -2.22. The van der Waals surface area contributed by atoms with Crippen LogP contribution in [0.1, 0.15) is 69.0 Å². The zero-order valence-corrected chi connectivity index (χ0v) is 11.2. The van der Waals surface area contributed by atoms with Crippen LogP contribution < -0.4 is 5.32 Å². The van der Waals surface area contributed by atoms with Crippen LogP contribution in [0.15, 0.2) is 24.3 Å². The van der Waals surface area contributed by atoms with Crippen LogP contribution in [0.5, 0.6) is 0 Å². The molecule has 0 radical (unpaired) electrons. The first-order valence-corrected chi connectivity index (χ1v) is 7.14. The molecule has 94 valence electrons. The second-order valence-electron chi connectivity index (χ2n) is 5.28. The van der Waals surface area contributed by atoms with Crippen LogP contribution in [0.3, 0.4) is 0 Å². The van der Waals surface area contributed by atoms with Crippen molar-refractivity contribution in [2.75, 3.05) is 6.54 Å². The Labute approximate surface area is 106 Å². The fourth-order valence-corrected chi connectivity index (χ4v) is 2.92. The Morgan fingerprint density at radius 1 is 1.12 bits per heavy atom. The molecule has 0 spiro atoms. The molecule has 1 aromatic carbocycles. The normalized spacial score (nSPS) is 19.2. The van der Waals surface area contributed by atoms with Gasteiger partial charge in [-0.15, -0.1) is 0 Å². The first-order valence-electron chi connectivity index (χ1n) is 7.14. The lowest BCUT2D eigenvalue weighted by Crippen LogP contribution is -2.17. The summed E-state index contributed by atoms with van der Waals surface area (Å²) >= 11 is 0. The Bertz CT molecular complexity index is 322. The Kier molecular flexibility index (Phi) is 4.61. The summed E-state index contributed by atoms with van der Waals surface area (Å²) in [6.07, 6.45) is 7.05. The van der Waals surface area contributed by atoms with E-state index in [2.05, 4.69) is 43.4 Å². The minimum atomic E-state index is 0.473. The van der Waals surface area contributed by atoms with Crippen molar-refractivity contribution < 1.29 is 0 Å². The average molecular weight is 231 g/mol. The minimum Gasteiger partial charge on any atom is -0.310 e. The maximum absolute atomic E-state index is 3.46. The van der Waals surface area contributed by atoms with E-state index in [4.69, 9.17) is 0 Å². The molecule has 1 nitrogen and oxygen atoms in total. The van der Waals surface area contributed by atoms with E-state index in [1.165, 1.54) is 37.7 Å². The van der Waals surface area contributed by atoms with Gasteiger partial charge in [-0.05, 0) is 43.4 Å². The Balaban J connectivity index is 2.01. The van der Waals surface area contributed by atoms with Gasteiger partial charge in [-0.2, -0.15) is 0 Å². The van der Waals surface area contributed by atoms with Gasteiger partial charge in [0.05, 0.1) is 0 Å². The number of nitrogens with one attached hydrogen (secondary N) is 1. The molecule has 1 fully saturated rings. The smallest absolute Gasteiger partial charge is 0.0291 e. The monoisotopic (exact) mass is 231 g/mol. The molecule has 1 atom stereocenters. The maximum atomic E-state index is 3.46. The van der Waals surface area contributed by atoms with E-state index in [1.807, 2.05) is 0 Å². The van der Waals surface area contributed by atoms with E-state index in [9.17, 15) is 0 Å². The summed E-state index contributed by atoms with van der Waals surface area (Å²) in [5, 5.41) is 3.46. The van der Waals surface area contributed by atoms with Crippen molar-refractivity contribution in [3.8, 4) is 0 Å². The van der Waals surface area contributed by atoms with Gasteiger partial charge in [0.25, 0.3) is 0 Å². The molecule has 0 amide bonds. The third-order valence-electron chi connectivity index (χ3n) is 4.02. The van der Waals surface area contributed by atoms with Gasteiger partial charge < -0.3 is 5.32 Å². The fourth-order valence-electron chi connectivity index (χ4n) is 2.92. The summed E-state index contributed by atoms with van der Waals surface area (Å²) < 4.78 is 0. The van der Waals surface area contributed by atoms with E-state index in [1.54, 1.807) is 5.56 Å². The van der Waals surface area contributed by atoms with Crippen LogP contribution in [0, 0.1) is 0 Å². The standard InChI is InChI=1S/C16H25N/c1-3-17-13(2)14-9-11-16(12-10-14)15-7-5-4-6-8-15/h9-13,15,17H,3-8H2,1-2H3. The Morgan fingerprint density at radius 2 is 1.76 bits per heavy atom. The molecule has 1 aliphatic rings. The van der Waals surface area contributed by atoms with Gasteiger partial charge in [-0.1, -0.05) is 50.5 Å². The molecule has 1 aromatic rings. The van der Waals surface area contributed by atoms with Gasteiger partial charge >= 0.3 is 0 Å². The maximum Gasteiger partial charge on any atom is 0.0291 e. The number of benzene rings is 1. The topological polar surface area (TPSA) is 12.0 Å². The number of hydrogen-bond acceptors (Lipinski definition) is 1. The second-order valence-corrected chi connectivity index (χ2v) is 5.28. The fraction of sp³-hybridized carbons (Fsp3) is 0.625. The number of rotatable bonds is 4. The van der Waals surface area contributed by atoms with E-state index in [0.29, 0.717) is 6.04 Å². The van der Waals surface area contributed by atoms with Crippen molar-refractivity contribution >= 4 is 0 Å². The molecule has 0 heterocycles. The molecular weight excluding hydrogens is 206 g/mol. The lowest BCUT2D eigenvalue weighted by molar-refractivity contribution is 0.443. The quantitative estimate of drug-likeness (QED) is 0.809. The highest BCUT2D eigenvalue weighted by atomic mass is 14.9. The predicted molar refractivity (Wildman–Crippen MR) is 74.4 cm³/mol. The van der Waals surface area contributed by atoms with Crippen molar-refractivity contribution in [3.05, 3.63) is 35.4 Å². The molecule has 0 aromatic heterocycles. The van der Waals surface area contributed by atoms with Crippen LogP contribution in [0.25, 0.3) is 0 Å². The highest BCUT2D eigenvalue weighted by Gasteiger charge is 2.15. The van der Waals surface area contributed by atoms with Gasteiger partial charge in [0.1, 0.15) is 0 Å². The van der Waals surface area contributed by atoms with E-state index in [0.717, 1.165) is 12.5 Å². The lowest BCUT2D eigenvalue weighted by atomic mass is 9.84. The van der Waals surface area contributed by atoms with Gasteiger partial charge in [-0.25, -0.2) is 0 Å². The molecule has 1 heteroatoms. The van der Waals surface area contributed by atoms with Crippen LogP contribution in [0.2, 0.25) is 0 Å². The SMILES string of the molecule is CCNC(C)c1ccc(C2CCCCC2)cc1. The summed E-state index contributed by atoms with van der Waals surface area (Å²) in [6.45, 7) is 5.43. The van der Waals surface area contributed by atoms with Gasteiger partial charge in [0.15, 0.2) is 0 Å². The van der Waals surface area contributed by atoms with Gasteiger partial charge in [0.2, 0.25) is 0 Å². The van der Waals surface area contributed by atoms with Crippen LogP contribution in [-0.2, 0) is 0 Å². The van der Waals surface area contributed by atoms with Gasteiger partial charge in [-0.3, -0.25) is 0 Å². The van der Waals surface area contributed by atoms with E-state index < -0.39 is 0 Å². The number of hydrogen-bond donors (Lipinski definition) is 1. The zero-order valence-electron chi connectivity index (χ0n) is 11.2. The average Bonchev–Trinajstić information content (AvgIpc) is 2.40. The summed E-state index contributed by atoms with van der Waals surface area (Å²) in [7, 11) is 0. The largest absolute Gasteiger partial charge is 0.310 e. The van der Waals surface area contributed by atoms with E-state index in [-0.39, 0.29) is 0 Å². The predicted octanol–water partition coefficient (Wildman–Crippen LogP) is 4.40. The summed E-state index contributed by atoms with van der Waals surface area (Å²) in [5.41, 5.74) is 2.96. The van der Waals surface area contributed by atoms with Crippen molar-refractivity contribution in [1.82, 2.24) is 5.32 Å². The second kappa shape index (κ2) is 6.20. The summed E-state index contributed by atoms with van der Waals surface area (Å²) in [6, 6.07) is 9.77. The highest BCUT2D eigenvalue weighted by molar-refractivity contribution is 5.27. The van der Waals surface area contributed by atoms with Gasteiger partial charge in [0, 0.05) is 6.04 Å².